The normalized spacial score (nSPS) is 18.4. The summed E-state index contributed by atoms with van der Waals surface area (Å²) in [6, 6.07) is 8.08. The second-order valence-corrected chi connectivity index (χ2v) is 5.08. The van der Waals surface area contributed by atoms with E-state index in [1.54, 1.807) is 7.11 Å². The lowest BCUT2D eigenvalue weighted by Gasteiger charge is -2.37. The SMILES string of the molecule is COc1ccccc1N1CCN(C[C@@H](O)CCl)CC1. The number of alkyl halides is 1. The van der Waals surface area contributed by atoms with Crippen LogP contribution in [0.2, 0.25) is 0 Å². The van der Waals surface area contributed by atoms with Crippen LogP contribution in [0.3, 0.4) is 0 Å². The van der Waals surface area contributed by atoms with Gasteiger partial charge in [0.15, 0.2) is 0 Å². The van der Waals surface area contributed by atoms with Crippen molar-refractivity contribution in [3.05, 3.63) is 24.3 Å². The topological polar surface area (TPSA) is 35.9 Å². The molecule has 1 atom stereocenters. The lowest BCUT2D eigenvalue weighted by molar-refractivity contribution is 0.125. The Labute approximate surface area is 119 Å². The third-order valence-corrected chi connectivity index (χ3v) is 3.80. The van der Waals surface area contributed by atoms with Gasteiger partial charge < -0.3 is 14.7 Å². The van der Waals surface area contributed by atoms with Crippen molar-refractivity contribution in [1.82, 2.24) is 4.90 Å². The summed E-state index contributed by atoms with van der Waals surface area (Å²) in [4.78, 5) is 4.57. The highest BCUT2D eigenvalue weighted by Gasteiger charge is 2.20. The maximum Gasteiger partial charge on any atom is 0.142 e. The number of aliphatic hydroxyl groups excluding tert-OH is 1. The van der Waals surface area contributed by atoms with Crippen molar-refractivity contribution in [2.24, 2.45) is 0 Å². The minimum Gasteiger partial charge on any atom is -0.495 e. The number of aliphatic hydroxyl groups is 1. The highest BCUT2D eigenvalue weighted by atomic mass is 35.5. The van der Waals surface area contributed by atoms with Crippen LogP contribution in [0.1, 0.15) is 0 Å². The van der Waals surface area contributed by atoms with Gasteiger partial charge in [-0.2, -0.15) is 0 Å². The second-order valence-electron chi connectivity index (χ2n) is 4.77. The molecule has 5 heteroatoms. The molecular formula is C14H21ClN2O2. The zero-order chi connectivity index (χ0) is 13.7. The molecule has 1 saturated heterocycles. The first-order valence-electron chi connectivity index (χ1n) is 6.59. The summed E-state index contributed by atoms with van der Waals surface area (Å²) in [7, 11) is 1.70. The predicted octanol–water partition coefficient (Wildman–Crippen LogP) is 1.42. The molecule has 1 fully saturated rings. The van der Waals surface area contributed by atoms with E-state index in [-0.39, 0.29) is 0 Å². The summed E-state index contributed by atoms with van der Waals surface area (Å²) >= 11 is 5.63. The van der Waals surface area contributed by atoms with Gasteiger partial charge >= 0.3 is 0 Å². The highest BCUT2D eigenvalue weighted by molar-refractivity contribution is 6.18. The molecule has 1 heterocycles. The number of hydrogen-bond donors (Lipinski definition) is 1. The summed E-state index contributed by atoms with van der Waals surface area (Å²) in [5.41, 5.74) is 1.14. The molecule has 0 saturated carbocycles. The molecule has 1 N–H and O–H groups in total. The number of para-hydroxylation sites is 2. The fraction of sp³-hybridized carbons (Fsp3) is 0.571. The molecule has 1 aliphatic rings. The lowest BCUT2D eigenvalue weighted by Crippen LogP contribution is -2.48. The number of piperazine rings is 1. The Morgan fingerprint density at radius 3 is 2.58 bits per heavy atom. The maximum atomic E-state index is 9.57. The molecule has 0 amide bonds. The molecule has 0 spiro atoms. The van der Waals surface area contributed by atoms with E-state index in [1.807, 2.05) is 18.2 Å². The van der Waals surface area contributed by atoms with E-state index in [4.69, 9.17) is 16.3 Å². The number of halogens is 1. The highest BCUT2D eigenvalue weighted by Crippen LogP contribution is 2.28. The summed E-state index contributed by atoms with van der Waals surface area (Å²) in [6.45, 7) is 4.41. The van der Waals surface area contributed by atoms with Crippen LogP contribution in [0.25, 0.3) is 0 Å². The van der Waals surface area contributed by atoms with Gasteiger partial charge in [-0.15, -0.1) is 11.6 Å². The average molecular weight is 285 g/mol. The number of anilines is 1. The number of ether oxygens (including phenoxy) is 1. The van der Waals surface area contributed by atoms with Crippen molar-refractivity contribution in [2.45, 2.75) is 6.10 Å². The van der Waals surface area contributed by atoms with Crippen molar-refractivity contribution >= 4 is 17.3 Å². The fourth-order valence-corrected chi connectivity index (χ4v) is 2.51. The molecule has 1 aromatic carbocycles. The number of nitrogens with zero attached hydrogens (tertiary/aromatic N) is 2. The molecule has 1 aromatic rings. The van der Waals surface area contributed by atoms with E-state index in [9.17, 15) is 5.11 Å². The van der Waals surface area contributed by atoms with Gasteiger partial charge in [0.1, 0.15) is 5.75 Å². The van der Waals surface area contributed by atoms with Crippen LogP contribution in [-0.4, -0.2) is 61.8 Å². The van der Waals surface area contributed by atoms with E-state index < -0.39 is 6.10 Å². The second kappa shape index (κ2) is 6.98. The Kier molecular flexibility index (Phi) is 5.31. The molecule has 1 aliphatic heterocycles. The number of methoxy groups -OCH3 is 1. The molecule has 0 unspecified atom stereocenters. The van der Waals surface area contributed by atoms with Crippen molar-refractivity contribution in [1.29, 1.82) is 0 Å². The molecule has 0 aliphatic carbocycles. The van der Waals surface area contributed by atoms with Gasteiger partial charge in [-0.05, 0) is 12.1 Å². The first-order valence-corrected chi connectivity index (χ1v) is 7.12. The number of benzene rings is 1. The number of β-amino-alcohol motifs (C(OH)–C–C–N with tert-alkyl or cyclic N) is 1. The monoisotopic (exact) mass is 284 g/mol. The Balaban J connectivity index is 1.92. The van der Waals surface area contributed by atoms with Crippen molar-refractivity contribution < 1.29 is 9.84 Å². The molecule has 0 bridgehead atoms. The predicted molar refractivity (Wildman–Crippen MR) is 78.4 cm³/mol. The van der Waals surface area contributed by atoms with Crippen molar-refractivity contribution in [3.63, 3.8) is 0 Å². The molecule has 106 valence electrons. The fourth-order valence-electron chi connectivity index (χ4n) is 2.41. The van der Waals surface area contributed by atoms with E-state index in [1.165, 1.54) is 0 Å². The summed E-state index contributed by atoms with van der Waals surface area (Å²) < 4.78 is 5.39. The molecule has 0 aromatic heterocycles. The van der Waals surface area contributed by atoms with Gasteiger partial charge in [0, 0.05) is 38.6 Å². The molecule has 2 rings (SSSR count). The first-order chi connectivity index (χ1) is 9.24. The number of rotatable bonds is 5. The van der Waals surface area contributed by atoms with Crippen LogP contribution in [0.15, 0.2) is 24.3 Å². The largest absolute Gasteiger partial charge is 0.495 e. The van der Waals surface area contributed by atoms with E-state index in [0.717, 1.165) is 37.6 Å². The van der Waals surface area contributed by atoms with Gasteiger partial charge in [0.05, 0.1) is 18.9 Å². The van der Waals surface area contributed by atoms with E-state index in [2.05, 4.69) is 15.9 Å². The van der Waals surface area contributed by atoms with Crippen LogP contribution in [0.4, 0.5) is 5.69 Å². The smallest absolute Gasteiger partial charge is 0.142 e. The average Bonchev–Trinajstić information content (AvgIpc) is 2.48. The summed E-state index contributed by atoms with van der Waals surface area (Å²) in [5.74, 6) is 1.21. The van der Waals surface area contributed by atoms with Crippen molar-refractivity contribution in [2.75, 3.05) is 50.6 Å². The van der Waals surface area contributed by atoms with Crippen LogP contribution in [-0.2, 0) is 0 Å². The zero-order valence-electron chi connectivity index (χ0n) is 11.3. The Bertz CT molecular complexity index is 395. The van der Waals surface area contributed by atoms with Crippen LogP contribution in [0, 0.1) is 0 Å². The summed E-state index contributed by atoms with van der Waals surface area (Å²) in [5, 5.41) is 9.57. The van der Waals surface area contributed by atoms with E-state index >= 15 is 0 Å². The maximum absolute atomic E-state index is 9.57. The number of hydrogen-bond acceptors (Lipinski definition) is 4. The van der Waals surface area contributed by atoms with Gasteiger partial charge in [-0.1, -0.05) is 12.1 Å². The standard InChI is InChI=1S/C14H21ClN2O2/c1-19-14-5-3-2-4-13(14)17-8-6-16(7-9-17)11-12(18)10-15/h2-5,12,18H,6-11H2,1H3/t12-/m0/s1. The molecular weight excluding hydrogens is 264 g/mol. The third kappa shape index (κ3) is 3.75. The Morgan fingerprint density at radius 2 is 1.95 bits per heavy atom. The van der Waals surface area contributed by atoms with Crippen LogP contribution < -0.4 is 9.64 Å². The van der Waals surface area contributed by atoms with Gasteiger partial charge in [-0.25, -0.2) is 0 Å². The minimum absolute atomic E-state index is 0.298. The Hall–Kier alpha value is -0.970. The molecule has 0 radical (unpaired) electrons. The molecule has 19 heavy (non-hydrogen) atoms. The quantitative estimate of drug-likeness (QED) is 0.830. The summed E-state index contributed by atoms with van der Waals surface area (Å²) in [6.07, 6.45) is -0.431. The van der Waals surface area contributed by atoms with Gasteiger partial charge in [0.25, 0.3) is 0 Å². The molecule has 4 nitrogen and oxygen atoms in total. The first kappa shape index (κ1) is 14.4. The lowest BCUT2D eigenvalue weighted by atomic mass is 10.2. The third-order valence-electron chi connectivity index (χ3n) is 3.45. The zero-order valence-corrected chi connectivity index (χ0v) is 12.0. The van der Waals surface area contributed by atoms with E-state index in [0.29, 0.717) is 12.4 Å². The van der Waals surface area contributed by atoms with Crippen LogP contribution in [0.5, 0.6) is 5.75 Å². The van der Waals surface area contributed by atoms with Gasteiger partial charge in [0.2, 0.25) is 0 Å². The minimum atomic E-state index is -0.431. The van der Waals surface area contributed by atoms with Crippen LogP contribution >= 0.6 is 11.6 Å². The van der Waals surface area contributed by atoms with Crippen molar-refractivity contribution in [3.8, 4) is 5.75 Å². The Morgan fingerprint density at radius 1 is 1.26 bits per heavy atom. The van der Waals surface area contributed by atoms with Gasteiger partial charge in [-0.3, -0.25) is 4.90 Å².